The third-order valence-corrected chi connectivity index (χ3v) is 14.8. The van der Waals surface area contributed by atoms with Gasteiger partial charge in [-0.05, 0) is 137 Å². The molecule has 0 heterocycles. The highest BCUT2D eigenvalue weighted by Gasteiger charge is 2.38. The first-order chi connectivity index (χ1) is 22.7. The normalized spacial score (nSPS) is 36.3. The molecule has 5 fully saturated rings. The largest absolute Gasteiger partial charge is 0.375 e. The van der Waals surface area contributed by atoms with E-state index in [0.29, 0.717) is 17.9 Å². The van der Waals surface area contributed by atoms with Gasteiger partial charge in [0.15, 0.2) is 0 Å². The van der Waals surface area contributed by atoms with Gasteiger partial charge in [0.05, 0.1) is 18.3 Å². The number of rotatable bonds is 17. The molecule has 1 N–H and O–H groups in total. The highest BCUT2D eigenvalue weighted by Crippen LogP contribution is 2.45. The lowest BCUT2D eigenvalue weighted by Gasteiger charge is -2.42. The topological polar surface area (TPSA) is 38.7 Å². The molecule has 5 aliphatic rings. The SMILES string of the molecule is CCCCCC1CCC(C2CCC(OC(CC(OO)C3CCC(C4CCC(CCCCC)CC4)CC3)C3CCCCC3)CC2)CC1. The van der Waals surface area contributed by atoms with Crippen LogP contribution in [0.5, 0.6) is 0 Å². The van der Waals surface area contributed by atoms with E-state index in [0.717, 1.165) is 41.9 Å². The average molecular weight is 643 g/mol. The van der Waals surface area contributed by atoms with E-state index in [4.69, 9.17) is 9.62 Å². The molecular formula is C43H78O3. The Balaban J connectivity index is 1.05. The van der Waals surface area contributed by atoms with Crippen LogP contribution in [0.2, 0.25) is 0 Å². The van der Waals surface area contributed by atoms with E-state index in [2.05, 4.69) is 13.8 Å². The number of hydrogen-bond donors (Lipinski definition) is 1. The molecule has 5 rings (SSSR count). The summed E-state index contributed by atoms with van der Waals surface area (Å²) in [5, 5.41) is 10.3. The monoisotopic (exact) mass is 643 g/mol. The van der Waals surface area contributed by atoms with E-state index in [1.165, 1.54) is 186 Å². The fourth-order valence-corrected chi connectivity index (χ4v) is 11.6. The van der Waals surface area contributed by atoms with Gasteiger partial charge < -0.3 is 4.74 Å². The summed E-state index contributed by atoms with van der Waals surface area (Å²) < 4.78 is 7.13. The molecule has 0 aliphatic heterocycles. The Morgan fingerprint density at radius 2 is 0.913 bits per heavy atom. The summed E-state index contributed by atoms with van der Waals surface area (Å²) in [6, 6.07) is 0. The molecule has 0 bridgehead atoms. The summed E-state index contributed by atoms with van der Waals surface area (Å²) in [7, 11) is 0. The number of unbranched alkanes of at least 4 members (excludes halogenated alkanes) is 4. The van der Waals surface area contributed by atoms with Gasteiger partial charge in [0.1, 0.15) is 0 Å². The standard InChI is InChI=1S/C43H78O3/c1-3-5-8-12-33-16-20-35(21-17-33)37-24-26-40(27-25-37)43(46-44)32-42(39-14-10-7-11-15-39)45-41-30-28-38(29-31-41)36-22-18-34(19-23-36)13-9-6-4-2/h33-44H,3-32H2,1-2H3. The van der Waals surface area contributed by atoms with Crippen LogP contribution in [0.15, 0.2) is 0 Å². The van der Waals surface area contributed by atoms with Gasteiger partial charge in [0.2, 0.25) is 0 Å². The first kappa shape index (κ1) is 37.1. The third kappa shape index (κ3) is 11.5. The van der Waals surface area contributed by atoms with E-state index < -0.39 is 0 Å². The third-order valence-electron chi connectivity index (χ3n) is 14.8. The molecule has 0 radical (unpaired) electrons. The van der Waals surface area contributed by atoms with Gasteiger partial charge in [0.25, 0.3) is 0 Å². The quantitative estimate of drug-likeness (QED) is 0.0974. The molecule has 0 aromatic carbocycles. The van der Waals surface area contributed by atoms with Crippen LogP contribution in [0.25, 0.3) is 0 Å². The zero-order valence-electron chi connectivity index (χ0n) is 30.8. The van der Waals surface area contributed by atoms with Crippen molar-refractivity contribution in [1.82, 2.24) is 0 Å². The first-order valence-electron chi connectivity index (χ1n) is 21.6. The van der Waals surface area contributed by atoms with E-state index in [1.54, 1.807) is 0 Å². The Morgan fingerprint density at radius 1 is 0.478 bits per heavy atom. The molecule has 2 unspecified atom stereocenters. The Kier molecular flexibility index (Phi) is 16.6. The van der Waals surface area contributed by atoms with Crippen molar-refractivity contribution >= 4 is 0 Å². The average Bonchev–Trinajstić information content (AvgIpc) is 3.12. The minimum Gasteiger partial charge on any atom is -0.375 e. The molecule has 0 spiro atoms. The molecule has 0 saturated heterocycles. The second-order valence-electron chi connectivity index (χ2n) is 17.7. The van der Waals surface area contributed by atoms with Gasteiger partial charge >= 0.3 is 0 Å². The second-order valence-corrected chi connectivity index (χ2v) is 17.7. The molecule has 3 heteroatoms. The van der Waals surface area contributed by atoms with Crippen molar-refractivity contribution in [3.63, 3.8) is 0 Å². The van der Waals surface area contributed by atoms with Gasteiger partial charge in [-0.15, -0.1) is 0 Å². The molecule has 5 saturated carbocycles. The van der Waals surface area contributed by atoms with E-state index in [9.17, 15) is 5.26 Å². The molecule has 268 valence electrons. The second kappa shape index (κ2) is 20.5. The van der Waals surface area contributed by atoms with Crippen molar-refractivity contribution in [3.05, 3.63) is 0 Å². The first-order valence-corrected chi connectivity index (χ1v) is 21.6. The van der Waals surface area contributed by atoms with Crippen LogP contribution in [-0.4, -0.2) is 23.6 Å². The van der Waals surface area contributed by atoms with E-state index in [1.807, 2.05) is 0 Å². The van der Waals surface area contributed by atoms with Gasteiger partial charge in [-0.2, -0.15) is 0 Å². The van der Waals surface area contributed by atoms with Crippen molar-refractivity contribution in [3.8, 4) is 0 Å². The summed E-state index contributed by atoms with van der Waals surface area (Å²) in [5.41, 5.74) is 0. The fourth-order valence-electron chi connectivity index (χ4n) is 11.6. The highest BCUT2D eigenvalue weighted by molar-refractivity contribution is 4.88. The Hall–Kier alpha value is -0.120. The van der Waals surface area contributed by atoms with Gasteiger partial charge in [-0.25, -0.2) is 4.89 Å². The van der Waals surface area contributed by atoms with Gasteiger partial charge in [-0.3, -0.25) is 5.26 Å². The highest BCUT2D eigenvalue weighted by atomic mass is 17.1. The van der Waals surface area contributed by atoms with E-state index in [-0.39, 0.29) is 12.2 Å². The zero-order valence-corrected chi connectivity index (χ0v) is 30.8. The molecule has 5 aliphatic carbocycles. The maximum atomic E-state index is 10.3. The molecule has 46 heavy (non-hydrogen) atoms. The Bertz CT molecular complexity index is 761. The van der Waals surface area contributed by atoms with Crippen LogP contribution in [-0.2, 0) is 9.62 Å². The lowest BCUT2D eigenvalue weighted by atomic mass is 9.67. The van der Waals surface area contributed by atoms with Gasteiger partial charge in [-0.1, -0.05) is 110 Å². The van der Waals surface area contributed by atoms with Crippen LogP contribution in [0, 0.1) is 47.3 Å². The zero-order chi connectivity index (χ0) is 32.0. The lowest BCUT2D eigenvalue weighted by Crippen LogP contribution is -2.39. The number of hydrogen-bond acceptors (Lipinski definition) is 3. The van der Waals surface area contributed by atoms with Crippen molar-refractivity contribution in [1.29, 1.82) is 0 Å². The Labute approximate surface area is 286 Å². The minimum atomic E-state index is -0.0361. The maximum Gasteiger partial charge on any atom is 0.0980 e. The molecule has 3 nitrogen and oxygen atoms in total. The van der Waals surface area contributed by atoms with Crippen LogP contribution in [0.4, 0.5) is 0 Å². The molecule has 2 atom stereocenters. The van der Waals surface area contributed by atoms with Gasteiger partial charge in [0, 0.05) is 6.42 Å². The smallest absolute Gasteiger partial charge is 0.0980 e. The summed E-state index contributed by atoms with van der Waals surface area (Å²) in [4.78, 5) is 5.40. The van der Waals surface area contributed by atoms with Crippen LogP contribution < -0.4 is 0 Å². The summed E-state index contributed by atoms with van der Waals surface area (Å²) in [6.07, 6.45) is 42.2. The molecule has 0 aromatic heterocycles. The molecular weight excluding hydrogens is 564 g/mol. The van der Waals surface area contributed by atoms with E-state index >= 15 is 0 Å². The predicted molar refractivity (Wildman–Crippen MR) is 194 cm³/mol. The van der Waals surface area contributed by atoms with Crippen molar-refractivity contribution < 1.29 is 14.9 Å². The minimum absolute atomic E-state index is 0.0361. The summed E-state index contributed by atoms with van der Waals surface area (Å²) in [5.74, 6) is 7.03. The predicted octanol–water partition coefficient (Wildman–Crippen LogP) is 13.3. The van der Waals surface area contributed by atoms with Crippen molar-refractivity contribution in [2.75, 3.05) is 0 Å². The fraction of sp³-hybridized carbons (Fsp3) is 1.00. The molecule has 0 aromatic rings. The Morgan fingerprint density at radius 3 is 1.37 bits per heavy atom. The van der Waals surface area contributed by atoms with Crippen molar-refractivity contribution in [2.45, 2.75) is 225 Å². The lowest BCUT2D eigenvalue weighted by molar-refractivity contribution is -0.300. The maximum absolute atomic E-state index is 10.3. The van der Waals surface area contributed by atoms with Crippen LogP contribution in [0.1, 0.15) is 206 Å². The summed E-state index contributed by atoms with van der Waals surface area (Å²) >= 11 is 0. The summed E-state index contributed by atoms with van der Waals surface area (Å²) in [6.45, 7) is 4.66. The van der Waals surface area contributed by atoms with Crippen molar-refractivity contribution in [2.24, 2.45) is 47.3 Å². The van der Waals surface area contributed by atoms with Crippen LogP contribution >= 0.6 is 0 Å². The van der Waals surface area contributed by atoms with Crippen LogP contribution in [0.3, 0.4) is 0 Å². The molecule has 0 amide bonds. The number of ether oxygens (including phenoxy) is 1.